The largest absolute Gasteiger partial charge is 0.467 e. The summed E-state index contributed by atoms with van der Waals surface area (Å²) in [7, 11) is 1.35. The molecule has 6 heteroatoms. The topological polar surface area (TPSA) is 81.4 Å². The quantitative estimate of drug-likeness (QED) is 0.759. The van der Waals surface area contributed by atoms with E-state index >= 15 is 0 Å². The van der Waals surface area contributed by atoms with E-state index in [2.05, 4.69) is 5.32 Å². The van der Waals surface area contributed by atoms with Crippen molar-refractivity contribution in [2.45, 2.75) is 64.0 Å². The lowest BCUT2D eigenvalue weighted by molar-refractivity contribution is -0.151. The third-order valence-corrected chi connectivity index (χ3v) is 3.87. The van der Waals surface area contributed by atoms with Crippen LogP contribution in [0.5, 0.6) is 0 Å². The summed E-state index contributed by atoms with van der Waals surface area (Å²) in [6.07, 6.45) is 4.88. The summed E-state index contributed by atoms with van der Waals surface area (Å²) in [5, 5.41) is 2.87. The van der Waals surface area contributed by atoms with Crippen molar-refractivity contribution in [3.8, 4) is 0 Å². The Bertz CT molecular complexity index is 338. The molecule has 1 saturated carbocycles. The normalized spacial score (nSPS) is 25.0. The van der Waals surface area contributed by atoms with Crippen molar-refractivity contribution in [1.82, 2.24) is 5.32 Å². The van der Waals surface area contributed by atoms with E-state index in [0.717, 1.165) is 25.7 Å². The monoisotopic (exact) mass is 306 g/mol. The van der Waals surface area contributed by atoms with Gasteiger partial charge in [-0.25, -0.2) is 4.79 Å². The highest BCUT2D eigenvalue weighted by atomic mass is 35.5. The van der Waals surface area contributed by atoms with Crippen LogP contribution in [-0.4, -0.2) is 30.6 Å². The lowest BCUT2D eigenvalue weighted by Crippen LogP contribution is -2.55. The van der Waals surface area contributed by atoms with Crippen molar-refractivity contribution in [2.75, 3.05) is 7.11 Å². The van der Waals surface area contributed by atoms with Crippen LogP contribution in [0.1, 0.15) is 52.4 Å². The minimum atomic E-state index is -0.928. The van der Waals surface area contributed by atoms with Crippen molar-refractivity contribution in [1.29, 1.82) is 0 Å². The van der Waals surface area contributed by atoms with Crippen molar-refractivity contribution < 1.29 is 14.3 Å². The van der Waals surface area contributed by atoms with Crippen LogP contribution < -0.4 is 11.1 Å². The molecule has 1 fully saturated rings. The SMILES string of the molecule is CCCC(C)(NC(=O)C1CCCC(N)C1)C(=O)OC.Cl. The van der Waals surface area contributed by atoms with Gasteiger partial charge < -0.3 is 15.8 Å². The number of hydrogen-bond donors (Lipinski definition) is 2. The number of methoxy groups -OCH3 is 1. The van der Waals surface area contributed by atoms with Crippen LogP contribution in [0.25, 0.3) is 0 Å². The van der Waals surface area contributed by atoms with Gasteiger partial charge in [0.15, 0.2) is 0 Å². The molecule has 0 saturated heterocycles. The number of halogens is 1. The number of rotatable bonds is 5. The highest BCUT2D eigenvalue weighted by Crippen LogP contribution is 2.25. The van der Waals surface area contributed by atoms with E-state index in [-0.39, 0.29) is 36.2 Å². The molecule has 0 radical (unpaired) electrons. The lowest BCUT2D eigenvalue weighted by atomic mass is 9.84. The highest BCUT2D eigenvalue weighted by Gasteiger charge is 2.37. The first-order chi connectivity index (χ1) is 8.92. The number of ether oxygens (including phenoxy) is 1. The minimum Gasteiger partial charge on any atom is -0.467 e. The Morgan fingerprint density at radius 3 is 2.55 bits per heavy atom. The third-order valence-electron chi connectivity index (χ3n) is 3.87. The van der Waals surface area contributed by atoms with Crippen molar-refractivity contribution in [2.24, 2.45) is 11.7 Å². The zero-order valence-corrected chi connectivity index (χ0v) is 13.4. The smallest absolute Gasteiger partial charge is 0.331 e. The first-order valence-corrected chi connectivity index (χ1v) is 7.09. The minimum absolute atomic E-state index is 0. The van der Waals surface area contributed by atoms with Crippen LogP contribution in [-0.2, 0) is 14.3 Å². The summed E-state index contributed by atoms with van der Waals surface area (Å²) in [6, 6.07) is 0.0973. The molecular formula is C14H27ClN2O3. The van der Waals surface area contributed by atoms with Gasteiger partial charge in [-0.05, 0) is 32.6 Å². The van der Waals surface area contributed by atoms with Gasteiger partial charge in [0.1, 0.15) is 5.54 Å². The summed E-state index contributed by atoms with van der Waals surface area (Å²) in [6.45, 7) is 3.70. The van der Waals surface area contributed by atoms with Gasteiger partial charge in [-0.1, -0.05) is 19.8 Å². The lowest BCUT2D eigenvalue weighted by Gasteiger charge is -2.32. The Balaban J connectivity index is 0.00000361. The fourth-order valence-electron chi connectivity index (χ4n) is 2.78. The summed E-state index contributed by atoms with van der Waals surface area (Å²) in [5.74, 6) is -0.538. The molecule has 0 heterocycles. The van der Waals surface area contributed by atoms with Gasteiger partial charge in [0.05, 0.1) is 7.11 Å². The molecule has 3 atom stereocenters. The Kier molecular flexibility index (Phi) is 8.13. The highest BCUT2D eigenvalue weighted by molar-refractivity contribution is 5.88. The van der Waals surface area contributed by atoms with Crippen LogP contribution >= 0.6 is 12.4 Å². The van der Waals surface area contributed by atoms with Gasteiger partial charge in [-0.3, -0.25) is 4.79 Å². The standard InChI is InChI=1S/C14H26N2O3.ClH/c1-4-8-14(2,13(18)19-3)16-12(17)10-6-5-7-11(15)9-10;/h10-11H,4-9,15H2,1-3H3,(H,16,17);1H. The molecule has 0 aromatic heterocycles. The average Bonchev–Trinajstić information content (AvgIpc) is 2.37. The number of hydrogen-bond acceptors (Lipinski definition) is 4. The Morgan fingerprint density at radius 1 is 1.40 bits per heavy atom. The second kappa shape index (κ2) is 8.47. The molecule has 1 rings (SSSR count). The van der Waals surface area contributed by atoms with Crippen LogP contribution in [0.15, 0.2) is 0 Å². The van der Waals surface area contributed by atoms with Crippen molar-refractivity contribution >= 4 is 24.3 Å². The third kappa shape index (κ3) is 4.94. The maximum Gasteiger partial charge on any atom is 0.331 e. The average molecular weight is 307 g/mol. The molecule has 0 bridgehead atoms. The summed E-state index contributed by atoms with van der Waals surface area (Å²) < 4.78 is 4.80. The molecule has 0 aliphatic heterocycles. The van der Waals surface area contributed by atoms with Crippen molar-refractivity contribution in [3.63, 3.8) is 0 Å². The molecular weight excluding hydrogens is 280 g/mol. The van der Waals surface area contributed by atoms with Crippen LogP contribution in [0.2, 0.25) is 0 Å². The number of carbonyl (C=O) groups excluding carboxylic acids is 2. The van der Waals surface area contributed by atoms with E-state index in [1.807, 2.05) is 6.92 Å². The molecule has 3 unspecified atom stereocenters. The second-order valence-corrected chi connectivity index (χ2v) is 5.69. The Labute approximate surface area is 127 Å². The molecule has 118 valence electrons. The number of amides is 1. The Hall–Kier alpha value is -0.810. The first-order valence-electron chi connectivity index (χ1n) is 7.09. The van der Waals surface area contributed by atoms with Crippen molar-refractivity contribution in [3.05, 3.63) is 0 Å². The van der Waals surface area contributed by atoms with E-state index in [1.165, 1.54) is 7.11 Å². The van der Waals surface area contributed by atoms with E-state index in [1.54, 1.807) is 6.92 Å². The summed E-state index contributed by atoms with van der Waals surface area (Å²) >= 11 is 0. The fraction of sp³-hybridized carbons (Fsp3) is 0.857. The molecule has 3 N–H and O–H groups in total. The first kappa shape index (κ1) is 19.2. The van der Waals surface area contributed by atoms with Crippen LogP contribution in [0.3, 0.4) is 0 Å². The van der Waals surface area contributed by atoms with Gasteiger partial charge in [0.25, 0.3) is 0 Å². The summed E-state index contributed by atoms with van der Waals surface area (Å²) in [4.78, 5) is 24.1. The van der Waals surface area contributed by atoms with Gasteiger partial charge in [0, 0.05) is 12.0 Å². The number of esters is 1. The zero-order chi connectivity index (χ0) is 14.5. The molecule has 0 spiro atoms. The molecule has 1 amide bonds. The van der Waals surface area contributed by atoms with Crippen LogP contribution in [0, 0.1) is 5.92 Å². The molecule has 0 aromatic rings. The maximum atomic E-state index is 12.3. The molecule has 5 nitrogen and oxygen atoms in total. The summed E-state index contributed by atoms with van der Waals surface area (Å²) in [5.41, 5.74) is 4.97. The second-order valence-electron chi connectivity index (χ2n) is 5.69. The predicted octanol–water partition coefficient (Wildman–Crippen LogP) is 1.77. The number of carbonyl (C=O) groups is 2. The van der Waals surface area contributed by atoms with Gasteiger partial charge in [-0.2, -0.15) is 0 Å². The predicted molar refractivity (Wildman–Crippen MR) is 80.7 cm³/mol. The molecule has 1 aliphatic rings. The van der Waals surface area contributed by atoms with E-state index < -0.39 is 5.54 Å². The maximum absolute atomic E-state index is 12.3. The van der Waals surface area contributed by atoms with Crippen LogP contribution in [0.4, 0.5) is 0 Å². The zero-order valence-electron chi connectivity index (χ0n) is 12.6. The number of nitrogens with one attached hydrogen (secondary N) is 1. The van der Waals surface area contributed by atoms with Gasteiger partial charge in [-0.15, -0.1) is 12.4 Å². The molecule has 0 aromatic carbocycles. The van der Waals surface area contributed by atoms with Gasteiger partial charge >= 0.3 is 5.97 Å². The van der Waals surface area contributed by atoms with E-state index in [9.17, 15) is 9.59 Å². The van der Waals surface area contributed by atoms with Gasteiger partial charge in [0.2, 0.25) is 5.91 Å². The fourth-order valence-corrected chi connectivity index (χ4v) is 2.78. The molecule has 20 heavy (non-hydrogen) atoms. The van der Waals surface area contributed by atoms with E-state index in [4.69, 9.17) is 10.5 Å². The Morgan fingerprint density at radius 2 is 2.05 bits per heavy atom. The number of nitrogens with two attached hydrogens (primary N) is 1. The molecule has 1 aliphatic carbocycles. The van der Waals surface area contributed by atoms with E-state index in [0.29, 0.717) is 12.8 Å².